The zero-order valence-electron chi connectivity index (χ0n) is 11.6. The van der Waals surface area contributed by atoms with Crippen LogP contribution in [-0.2, 0) is 0 Å². The zero-order chi connectivity index (χ0) is 12.1. The fraction of sp³-hybridized carbons (Fsp3) is 1.00. The Morgan fingerprint density at radius 1 is 1.38 bits per heavy atom. The first-order chi connectivity index (χ1) is 7.52. The molecule has 2 heteroatoms. The molecule has 16 heavy (non-hydrogen) atoms. The van der Waals surface area contributed by atoms with Crippen molar-refractivity contribution in [3.05, 3.63) is 0 Å². The van der Waals surface area contributed by atoms with E-state index in [1.165, 1.54) is 38.8 Å². The van der Waals surface area contributed by atoms with Crippen molar-refractivity contribution in [3.63, 3.8) is 0 Å². The van der Waals surface area contributed by atoms with Crippen molar-refractivity contribution in [2.24, 2.45) is 23.5 Å². The molecule has 0 heterocycles. The minimum absolute atomic E-state index is 0.440. The maximum atomic E-state index is 6.23. The molecule has 1 aliphatic rings. The molecule has 0 spiro atoms. The summed E-state index contributed by atoms with van der Waals surface area (Å²) in [6, 6.07) is 0.440. The van der Waals surface area contributed by atoms with E-state index in [4.69, 9.17) is 5.73 Å². The molecule has 1 aliphatic carbocycles. The van der Waals surface area contributed by atoms with Crippen LogP contribution in [0, 0.1) is 17.8 Å². The van der Waals surface area contributed by atoms with Crippen molar-refractivity contribution in [2.75, 3.05) is 20.1 Å². The molecule has 0 bridgehead atoms. The summed E-state index contributed by atoms with van der Waals surface area (Å²) < 4.78 is 0. The van der Waals surface area contributed by atoms with Crippen LogP contribution in [0.15, 0.2) is 0 Å². The van der Waals surface area contributed by atoms with Crippen LogP contribution in [0.25, 0.3) is 0 Å². The van der Waals surface area contributed by atoms with Gasteiger partial charge in [0.1, 0.15) is 0 Å². The molecule has 1 fully saturated rings. The number of nitrogens with two attached hydrogens (primary N) is 1. The second-order valence-corrected chi connectivity index (χ2v) is 6.08. The standard InChI is InChI=1S/C14H30N2/c1-5-11(2)9-16(4)10-13-8-12(3)6-7-14(13)15/h11-14H,5-10,15H2,1-4H3. The smallest absolute Gasteiger partial charge is 0.00795 e. The van der Waals surface area contributed by atoms with Crippen LogP contribution in [0.2, 0.25) is 0 Å². The third-order valence-corrected chi connectivity index (χ3v) is 4.17. The Kier molecular flexibility index (Phi) is 5.77. The molecule has 0 aromatic heterocycles. The van der Waals surface area contributed by atoms with Crippen LogP contribution >= 0.6 is 0 Å². The first-order valence-corrected chi connectivity index (χ1v) is 6.97. The van der Waals surface area contributed by atoms with Crippen molar-refractivity contribution in [1.82, 2.24) is 4.90 Å². The Labute approximate surface area is 102 Å². The van der Waals surface area contributed by atoms with Gasteiger partial charge in [0.05, 0.1) is 0 Å². The normalized spacial score (nSPS) is 33.0. The highest BCUT2D eigenvalue weighted by atomic mass is 15.1. The summed E-state index contributed by atoms with van der Waals surface area (Å²) in [7, 11) is 2.25. The Bertz CT molecular complexity index is 193. The summed E-state index contributed by atoms with van der Waals surface area (Å²) in [5, 5.41) is 0. The summed E-state index contributed by atoms with van der Waals surface area (Å²) in [5.41, 5.74) is 6.23. The maximum Gasteiger partial charge on any atom is 0.00795 e. The SMILES string of the molecule is CCC(C)CN(C)CC1CC(C)CCC1N. The molecule has 2 N–H and O–H groups in total. The van der Waals surface area contributed by atoms with Crippen LogP contribution in [0.1, 0.15) is 46.5 Å². The van der Waals surface area contributed by atoms with Gasteiger partial charge in [0.15, 0.2) is 0 Å². The van der Waals surface area contributed by atoms with Gasteiger partial charge in [-0.05, 0) is 44.1 Å². The summed E-state index contributed by atoms with van der Waals surface area (Å²) in [5.74, 6) is 2.40. The lowest BCUT2D eigenvalue weighted by Gasteiger charge is -2.35. The van der Waals surface area contributed by atoms with Gasteiger partial charge in [0.25, 0.3) is 0 Å². The predicted octanol–water partition coefficient (Wildman–Crippen LogP) is 2.73. The molecular weight excluding hydrogens is 196 g/mol. The van der Waals surface area contributed by atoms with Crippen LogP contribution in [-0.4, -0.2) is 31.1 Å². The molecule has 0 aromatic carbocycles. The minimum Gasteiger partial charge on any atom is -0.327 e. The molecule has 1 rings (SSSR count). The van der Waals surface area contributed by atoms with Gasteiger partial charge < -0.3 is 10.6 Å². The van der Waals surface area contributed by atoms with Crippen LogP contribution in [0.4, 0.5) is 0 Å². The second kappa shape index (κ2) is 6.61. The molecule has 96 valence electrons. The Balaban J connectivity index is 2.33. The molecule has 1 saturated carbocycles. The highest BCUT2D eigenvalue weighted by Gasteiger charge is 2.26. The van der Waals surface area contributed by atoms with E-state index in [1.54, 1.807) is 0 Å². The molecule has 4 atom stereocenters. The van der Waals surface area contributed by atoms with E-state index in [2.05, 4.69) is 32.7 Å². The van der Waals surface area contributed by atoms with Crippen molar-refractivity contribution in [1.29, 1.82) is 0 Å². The first-order valence-electron chi connectivity index (χ1n) is 6.97. The van der Waals surface area contributed by atoms with Crippen molar-refractivity contribution >= 4 is 0 Å². The highest BCUT2D eigenvalue weighted by molar-refractivity contribution is 4.82. The summed E-state index contributed by atoms with van der Waals surface area (Å²) in [6.07, 6.45) is 5.15. The predicted molar refractivity (Wildman–Crippen MR) is 71.4 cm³/mol. The van der Waals surface area contributed by atoms with Crippen molar-refractivity contribution < 1.29 is 0 Å². The lowest BCUT2D eigenvalue weighted by Crippen LogP contribution is -2.42. The third kappa shape index (κ3) is 4.42. The Hall–Kier alpha value is -0.0800. The van der Waals surface area contributed by atoms with Crippen molar-refractivity contribution in [2.45, 2.75) is 52.5 Å². The average molecular weight is 226 g/mol. The van der Waals surface area contributed by atoms with Crippen LogP contribution in [0.3, 0.4) is 0 Å². The topological polar surface area (TPSA) is 29.3 Å². The van der Waals surface area contributed by atoms with Crippen molar-refractivity contribution in [3.8, 4) is 0 Å². The number of nitrogens with zero attached hydrogens (tertiary/aromatic N) is 1. The first kappa shape index (κ1) is 14.0. The van der Waals surface area contributed by atoms with E-state index in [0.717, 1.165) is 17.8 Å². The van der Waals surface area contributed by atoms with E-state index in [9.17, 15) is 0 Å². The van der Waals surface area contributed by atoms with E-state index >= 15 is 0 Å². The number of rotatable bonds is 5. The summed E-state index contributed by atoms with van der Waals surface area (Å²) in [6.45, 7) is 9.38. The maximum absolute atomic E-state index is 6.23. The fourth-order valence-electron chi connectivity index (χ4n) is 2.87. The summed E-state index contributed by atoms with van der Waals surface area (Å²) >= 11 is 0. The Morgan fingerprint density at radius 2 is 2.06 bits per heavy atom. The van der Waals surface area contributed by atoms with Gasteiger partial charge in [-0.1, -0.05) is 27.2 Å². The van der Waals surface area contributed by atoms with Gasteiger partial charge in [-0.15, -0.1) is 0 Å². The van der Waals surface area contributed by atoms with Gasteiger partial charge in [-0.3, -0.25) is 0 Å². The fourth-order valence-corrected chi connectivity index (χ4v) is 2.87. The molecule has 0 saturated heterocycles. The van der Waals surface area contributed by atoms with Gasteiger partial charge in [0.2, 0.25) is 0 Å². The quantitative estimate of drug-likeness (QED) is 0.781. The van der Waals surface area contributed by atoms with Gasteiger partial charge in [-0.25, -0.2) is 0 Å². The van der Waals surface area contributed by atoms with Gasteiger partial charge in [-0.2, -0.15) is 0 Å². The average Bonchev–Trinajstić information content (AvgIpc) is 2.23. The number of hydrogen-bond donors (Lipinski definition) is 1. The van der Waals surface area contributed by atoms with E-state index in [1.807, 2.05) is 0 Å². The number of hydrogen-bond acceptors (Lipinski definition) is 2. The van der Waals surface area contributed by atoms with E-state index in [0.29, 0.717) is 6.04 Å². The zero-order valence-corrected chi connectivity index (χ0v) is 11.6. The van der Waals surface area contributed by atoms with E-state index < -0.39 is 0 Å². The monoisotopic (exact) mass is 226 g/mol. The molecule has 0 radical (unpaired) electrons. The molecule has 0 amide bonds. The molecular formula is C14H30N2. The van der Waals surface area contributed by atoms with E-state index in [-0.39, 0.29) is 0 Å². The van der Waals surface area contributed by atoms with Gasteiger partial charge in [0, 0.05) is 19.1 Å². The molecule has 2 nitrogen and oxygen atoms in total. The molecule has 4 unspecified atom stereocenters. The second-order valence-electron chi connectivity index (χ2n) is 6.08. The van der Waals surface area contributed by atoms with Crippen LogP contribution in [0.5, 0.6) is 0 Å². The van der Waals surface area contributed by atoms with Gasteiger partial charge >= 0.3 is 0 Å². The third-order valence-electron chi connectivity index (χ3n) is 4.17. The van der Waals surface area contributed by atoms with Crippen LogP contribution < -0.4 is 5.73 Å². The highest BCUT2D eigenvalue weighted by Crippen LogP contribution is 2.28. The lowest BCUT2D eigenvalue weighted by molar-refractivity contribution is 0.169. The molecule has 0 aliphatic heterocycles. The Morgan fingerprint density at radius 3 is 2.69 bits per heavy atom. The largest absolute Gasteiger partial charge is 0.327 e. The molecule has 0 aromatic rings. The summed E-state index contributed by atoms with van der Waals surface area (Å²) in [4.78, 5) is 2.48. The lowest BCUT2D eigenvalue weighted by atomic mass is 9.79. The minimum atomic E-state index is 0.440.